The van der Waals surface area contributed by atoms with Crippen molar-refractivity contribution in [2.24, 2.45) is 0 Å². The minimum absolute atomic E-state index is 0.760. The minimum Gasteiger partial charge on any atom is -0.386 e. The standard InChI is InChI=1S/C49H90O6/c1-7-11-15-19-23-27-31-35-39-43(50)48(52,41-37-33-29-25-21-17-13-9-3)45-46(55-47(5,6)54-45)49(53,42-38-34-30-26-22-18-14-10-4)44(51)40-36-32-28-24-20-16-12-8-2/h35-46,50-53H,7-34H2,1-6H3/t43?,44?,45-,46-,48+,49+/m0/s1. The molecular formula is C49H90O6. The maximum atomic E-state index is 12.6. The van der Waals surface area contributed by atoms with E-state index >= 15 is 0 Å². The van der Waals surface area contributed by atoms with Gasteiger partial charge in [-0.2, -0.15) is 0 Å². The Morgan fingerprint density at radius 3 is 0.982 bits per heavy atom. The predicted molar refractivity (Wildman–Crippen MR) is 234 cm³/mol. The van der Waals surface area contributed by atoms with Crippen molar-refractivity contribution in [3.05, 3.63) is 48.6 Å². The van der Waals surface area contributed by atoms with Gasteiger partial charge in [0.2, 0.25) is 0 Å². The van der Waals surface area contributed by atoms with E-state index in [1.807, 2.05) is 24.3 Å². The zero-order valence-electron chi connectivity index (χ0n) is 36.8. The van der Waals surface area contributed by atoms with Crippen LogP contribution in [0, 0.1) is 0 Å². The first-order chi connectivity index (χ1) is 26.5. The van der Waals surface area contributed by atoms with Gasteiger partial charge in [-0.15, -0.1) is 0 Å². The fraction of sp³-hybridized carbons (Fsp3) is 0.837. The topological polar surface area (TPSA) is 99.4 Å². The molecule has 0 spiro atoms. The van der Waals surface area contributed by atoms with Gasteiger partial charge in [0.05, 0.1) is 0 Å². The van der Waals surface area contributed by atoms with Crippen molar-refractivity contribution in [2.75, 3.05) is 0 Å². The molecule has 1 fully saturated rings. The second kappa shape index (κ2) is 31.7. The summed E-state index contributed by atoms with van der Waals surface area (Å²) in [5, 5.41) is 48.9. The lowest BCUT2D eigenvalue weighted by molar-refractivity contribution is -0.179. The lowest BCUT2D eigenvalue weighted by atomic mass is 9.77. The van der Waals surface area contributed by atoms with Crippen molar-refractivity contribution in [1.29, 1.82) is 0 Å². The highest BCUT2D eigenvalue weighted by molar-refractivity contribution is 5.25. The van der Waals surface area contributed by atoms with Gasteiger partial charge in [-0.25, -0.2) is 0 Å². The molecule has 1 saturated heterocycles. The monoisotopic (exact) mass is 775 g/mol. The molecule has 0 aromatic carbocycles. The molecule has 4 N–H and O–H groups in total. The first kappa shape index (κ1) is 51.7. The number of allylic oxidation sites excluding steroid dienone is 4. The summed E-state index contributed by atoms with van der Waals surface area (Å²) >= 11 is 0. The fourth-order valence-electron chi connectivity index (χ4n) is 7.63. The van der Waals surface area contributed by atoms with E-state index in [4.69, 9.17) is 9.47 Å². The summed E-state index contributed by atoms with van der Waals surface area (Å²) in [4.78, 5) is 0. The van der Waals surface area contributed by atoms with E-state index in [9.17, 15) is 20.4 Å². The van der Waals surface area contributed by atoms with Gasteiger partial charge >= 0.3 is 0 Å². The zero-order chi connectivity index (χ0) is 40.7. The molecular weight excluding hydrogens is 685 g/mol. The van der Waals surface area contributed by atoms with E-state index in [2.05, 4.69) is 27.7 Å². The molecule has 55 heavy (non-hydrogen) atoms. The number of hydrogen-bond acceptors (Lipinski definition) is 6. The largest absolute Gasteiger partial charge is 0.386 e. The van der Waals surface area contributed by atoms with Gasteiger partial charge in [-0.1, -0.05) is 205 Å². The Morgan fingerprint density at radius 2 is 0.691 bits per heavy atom. The van der Waals surface area contributed by atoms with Crippen LogP contribution in [0.3, 0.4) is 0 Å². The zero-order valence-corrected chi connectivity index (χ0v) is 36.8. The van der Waals surface area contributed by atoms with E-state index in [1.165, 1.54) is 103 Å². The summed E-state index contributed by atoms with van der Waals surface area (Å²) < 4.78 is 12.9. The molecule has 1 aliphatic rings. The van der Waals surface area contributed by atoms with E-state index in [-0.39, 0.29) is 0 Å². The smallest absolute Gasteiger partial charge is 0.164 e. The van der Waals surface area contributed by atoms with Crippen molar-refractivity contribution in [3.63, 3.8) is 0 Å². The predicted octanol–water partition coefficient (Wildman–Crippen LogP) is 12.9. The fourth-order valence-corrected chi connectivity index (χ4v) is 7.63. The number of hydrogen-bond donors (Lipinski definition) is 4. The summed E-state index contributed by atoms with van der Waals surface area (Å²) in [6, 6.07) is 0. The molecule has 6 nitrogen and oxygen atoms in total. The van der Waals surface area contributed by atoms with Crippen molar-refractivity contribution in [1.82, 2.24) is 0 Å². The molecule has 0 bridgehead atoms. The van der Waals surface area contributed by atoms with Gasteiger partial charge < -0.3 is 29.9 Å². The summed E-state index contributed by atoms with van der Waals surface area (Å²) in [7, 11) is 0. The lowest BCUT2D eigenvalue weighted by Crippen LogP contribution is -2.62. The average molecular weight is 775 g/mol. The molecule has 1 aliphatic heterocycles. The van der Waals surface area contributed by atoms with Crippen LogP contribution in [0.4, 0.5) is 0 Å². The lowest BCUT2D eigenvalue weighted by Gasteiger charge is -2.42. The van der Waals surface area contributed by atoms with Crippen LogP contribution in [-0.2, 0) is 9.47 Å². The second-order valence-electron chi connectivity index (χ2n) is 17.0. The van der Waals surface area contributed by atoms with E-state index in [0.717, 1.165) is 77.0 Å². The molecule has 0 amide bonds. The van der Waals surface area contributed by atoms with Crippen LogP contribution in [0.15, 0.2) is 48.6 Å². The first-order valence-electron chi connectivity index (χ1n) is 23.4. The van der Waals surface area contributed by atoms with Gasteiger partial charge in [0.15, 0.2) is 5.79 Å². The highest BCUT2D eigenvalue weighted by Gasteiger charge is 2.61. The first-order valence-corrected chi connectivity index (χ1v) is 23.4. The van der Waals surface area contributed by atoms with Crippen molar-refractivity contribution in [3.8, 4) is 0 Å². The van der Waals surface area contributed by atoms with Gasteiger partial charge in [0, 0.05) is 0 Å². The number of rotatable bonds is 36. The molecule has 1 rings (SSSR count). The summed E-state index contributed by atoms with van der Waals surface area (Å²) in [6.07, 6.45) is 40.9. The Kier molecular flexibility index (Phi) is 29.8. The van der Waals surface area contributed by atoms with Crippen molar-refractivity contribution in [2.45, 2.75) is 263 Å². The Morgan fingerprint density at radius 1 is 0.436 bits per heavy atom. The molecule has 2 unspecified atom stereocenters. The Hall–Kier alpha value is -1.28. The second-order valence-corrected chi connectivity index (χ2v) is 17.0. The van der Waals surface area contributed by atoms with Crippen LogP contribution in [-0.4, -0.2) is 61.8 Å². The third kappa shape index (κ3) is 21.9. The van der Waals surface area contributed by atoms with Crippen LogP contribution in [0.2, 0.25) is 0 Å². The molecule has 0 aliphatic carbocycles. The maximum Gasteiger partial charge on any atom is 0.164 e. The third-order valence-corrected chi connectivity index (χ3v) is 11.3. The SMILES string of the molecule is CCCCCCCCC=CC(O)[C@](O)(C=CCCCCCCCC)[C@H]1OC(C)(C)O[C@@H]1[C@@](O)(C=CCCCCCCCC)C(O)C=CCCCCCCCC. The molecule has 1 heterocycles. The molecule has 0 saturated carbocycles. The van der Waals surface area contributed by atoms with Gasteiger partial charge in [-0.05, 0) is 65.2 Å². The number of aliphatic hydroxyl groups excluding tert-OH is 2. The Labute approximate surface area is 340 Å². The molecule has 6 heteroatoms. The van der Waals surface area contributed by atoms with Crippen LogP contribution in [0.5, 0.6) is 0 Å². The minimum atomic E-state index is -1.92. The van der Waals surface area contributed by atoms with Gasteiger partial charge in [0.1, 0.15) is 35.6 Å². The summed E-state index contributed by atoms with van der Waals surface area (Å²) in [6.45, 7) is 12.4. The van der Waals surface area contributed by atoms with Gasteiger partial charge in [0.25, 0.3) is 0 Å². The van der Waals surface area contributed by atoms with Crippen molar-refractivity contribution >= 4 is 0 Å². The average Bonchev–Trinajstić information content (AvgIpc) is 3.51. The Balaban J connectivity index is 3.40. The number of unbranched alkanes of at least 4 members (excludes halogenated alkanes) is 24. The summed E-state index contributed by atoms with van der Waals surface area (Å²) in [5.41, 5.74) is -3.83. The molecule has 0 radical (unpaired) electrons. The normalized spacial score (nSPS) is 21.0. The van der Waals surface area contributed by atoms with Crippen LogP contribution in [0.25, 0.3) is 0 Å². The Bertz CT molecular complexity index is 941. The molecule has 0 aromatic heterocycles. The van der Waals surface area contributed by atoms with Crippen LogP contribution < -0.4 is 0 Å². The number of ether oxygens (including phenoxy) is 2. The van der Waals surface area contributed by atoms with Gasteiger partial charge in [-0.3, -0.25) is 0 Å². The van der Waals surface area contributed by atoms with Crippen molar-refractivity contribution < 1.29 is 29.9 Å². The van der Waals surface area contributed by atoms with E-state index in [1.54, 1.807) is 38.2 Å². The third-order valence-electron chi connectivity index (χ3n) is 11.3. The highest BCUT2D eigenvalue weighted by Crippen LogP contribution is 2.43. The number of aliphatic hydroxyl groups is 4. The highest BCUT2D eigenvalue weighted by atomic mass is 16.8. The van der Waals surface area contributed by atoms with Crippen LogP contribution in [0.1, 0.15) is 221 Å². The quantitative estimate of drug-likeness (QED) is 0.0374. The van der Waals surface area contributed by atoms with E-state index in [0.29, 0.717) is 0 Å². The maximum absolute atomic E-state index is 12.6. The molecule has 6 atom stereocenters. The molecule has 0 aromatic rings. The van der Waals surface area contributed by atoms with Crippen LogP contribution >= 0.6 is 0 Å². The summed E-state index contributed by atoms with van der Waals surface area (Å²) in [5.74, 6) is -1.18. The van der Waals surface area contributed by atoms with E-state index < -0.39 is 41.4 Å². The molecule has 322 valence electrons.